The Hall–Kier alpha value is -1.61. The van der Waals surface area contributed by atoms with Gasteiger partial charge in [0.05, 0.1) is 5.41 Å². The minimum atomic E-state index is -0.660. The lowest BCUT2D eigenvalue weighted by Gasteiger charge is -2.36. The van der Waals surface area contributed by atoms with Crippen molar-refractivity contribution in [3.8, 4) is 0 Å². The van der Waals surface area contributed by atoms with Gasteiger partial charge in [-0.25, -0.2) is 0 Å². The van der Waals surface area contributed by atoms with Crippen molar-refractivity contribution in [3.63, 3.8) is 0 Å². The summed E-state index contributed by atoms with van der Waals surface area (Å²) in [7, 11) is 0. The topological polar surface area (TPSA) is 49.3 Å². The molecule has 94 valence electrons. The second-order valence-electron chi connectivity index (χ2n) is 5.40. The number of carboxylic acid groups (broad SMARTS) is 1. The van der Waals surface area contributed by atoms with Gasteiger partial charge < -0.3 is 10.4 Å². The molecule has 1 saturated heterocycles. The molecule has 2 N–H and O–H groups in total. The third kappa shape index (κ3) is 1.51. The lowest BCUT2D eigenvalue weighted by Crippen LogP contribution is -2.44. The summed E-state index contributed by atoms with van der Waals surface area (Å²) in [5, 5.41) is 12.8. The number of carbonyl (C=O) groups is 1. The molecule has 0 saturated carbocycles. The Bertz CT molecular complexity index is 523. The highest BCUT2D eigenvalue weighted by atomic mass is 16.4. The van der Waals surface area contributed by atoms with Crippen molar-refractivity contribution in [2.75, 3.05) is 13.1 Å². The van der Waals surface area contributed by atoms with E-state index in [1.807, 2.05) is 6.08 Å². The summed E-state index contributed by atoms with van der Waals surface area (Å²) in [6.07, 6.45) is 3.32. The second-order valence-corrected chi connectivity index (χ2v) is 5.40. The average molecular weight is 243 g/mol. The first-order chi connectivity index (χ1) is 8.65. The summed E-state index contributed by atoms with van der Waals surface area (Å²) in [6, 6.07) is 6.26. The molecule has 1 heterocycles. The molecule has 1 fully saturated rings. The number of hydrogen-bond donors (Lipinski definition) is 2. The molecule has 3 rings (SSSR count). The van der Waals surface area contributed by atoms with Gasteiger partial charge in [-0.05, 0) is 42.0 Å². The van der Waals surface area contributed by atoms with E-state index in [9.17, 15) is 9.90 Å². The Morgan fingerprint density at radius 3 is 3.06 bits per heavy atom. The van der Waals surface area contributed by atoms with Gasteiger partial charge in [0.25, 0.3) is 0 Å². The van der Waals surface area contributed by atoms with Crippen molar-refractivity contribution < 1.29 is 9.90 Å². The average Bonchev–Trinajstić information content (AvgIpc) is 2.79. The molecule has 18 heavy (non-hydrogen) atoms. The molecule has 2 unspecified atom stereocenters. The molecular formula is C15H17NO2. The van der Waals surface area contributed by atoms with Gasteiger partial charge >= 0.3 is 5.97 Å². The van der Waals surface area contributed by atoms with Crippen LogP contribution in [0.15, 0.2) is 24.8 Å². The fourth-order valence-electron chi connectivity index (χ4n) is 3.35. The molecule has 0 amide bonds. The van der Waals surface area contributed by atoms with E-state index >= 15 is 0 Å². The van der Waals surface area contributed by atoms with Gasteiger partial charge in [-0.2, -0.15) is 0 Å². The highest BCUT2D eigenvalue weighted by Crippen LogP contribution is 2.43. The summed E-state index contributed by atoms with van der Waals surface area (Å²) in [4.78, 5) is 11.7. The maximum Gasteiger partial charge on any atom is 0.311 e. The summed E-state index contributed by atoms with van der Waals surface area (Å²) in [5.74, 6) is -0.441. The fourth-order valence-corrected chi connectivity index (χ4v) is 3.35. The minimum absolute atomic E-state index is 0.220. The third-order valence-corrected chi connectivity index (χ3v) is 4.48. The van der Waals surface area contributed by atoms with Gasteiger partial charge in [-0.1, -0.05) is 30.9 Å². The zero-order valence-corrected chi connectivity index (χ0v) is 10.3. The van der Waals surface area contributed by atoms with Crippen molar-refractivity contribution in [1.29, 1.82) is 0 Å². The second kappa shape index (κ2) is 3.95. The third-order valence-electron chi connectivity index (χ3n) is 4.48. The number of carboxylic acids is 1. The normalized spacial score (nSPS) is 29.4. The number of hydrogen-bond acceptors (Lipinski definition) is 2. The van der Waals surface area contributed by atoms with Gasteiger partial charge in [0.2, 0.25) is 0 Å². The summed E-state index contributed by atoms with van der Waals surface area (Å²) in [6.45, 7) is 5.17. The Morgan fingerprint density at radius 2 is 2.33 bits per heavy atom. The molecule has 1 aliphatic heterocycles. The van der Waals surface area contributed by atoms with Crippen LogP contribution in [-0.4, -0.2) is 24.2 Å². The number of aliphatic carboxylic acids is 1. The van der Waals surface area contributed by atoms with Gasteiger partial charge in [0.15, 0.2) is 0 Å². The van der Waals surface area contributed by atoms with Crippen LogP contribution >= 0.6 is 0 Å². The van der Waals surface area contributed by atoms with Crippen LogP contribution < -0.4 is 5.32 Å². The molecule has 3 heteroatoms. The zero-order valence-electron chi connectivity index (χ0n) is 10.3. The maximum atomic E-state index is 11.7. The largest absolute Gasteiger partial charge is 0.481 e. The van der Waals surface area contributed by atoms with Crippen molar-refractivity contribution in [1.82, 2.24) is 5.32 Å². The molecule has 2 atom stereocenters. The maximum absolute atomic E-state index is 11.7. The first-order valence-electron chi connectivity index (χ1n) is 6.34. The number of fused-ring (bicyclic) bond motifs is 2. The van der Waals surface area contributed by atoms with E-state index in [-0.39, 0.29) is 5.92 Å². The van der Waals surface area contributed by atoms with E-state index in [1.165, 1.54) is 11.1 Å². The van der Waals surface area contributed by atoms with E-state index in [2.05, 4.69) is 30.1 Å². The van der Waals surface area contributed by atoms with Crippen LogP contribution in [0.4, 0.5) is 0 Å². The van der Waals surface area contributed by atoms with Crippen LogP contribution in [0.2, 0.25) is 0 Å². The van der Waals surface area contributed by atoms with Crippen LogP contribution in [0.3, 0.4) is 0 Å². The molecule has 3 nitrogen and oxygen atoms in total. The predicted molar refractivity (Wildman–Crippen MR) is 70.4 cm³/mol. The van der Waals surface area contributed by atoms with Gasteiger partial charge in [-0.3, -0.25) is 4.79 Å². The number of benzene rings is 1. The molecule has 0 radical (unpaired) electrons. The summed E-state index contributed by atoms with van der Waals surface area (Å²) >= 11 is 0. The highest BCUT2D eigenvalue weighted by Gasteiger charge is 2.51. The first-order valence-corrected chi connectivity index (χ1v) is 6.34. The van der Waals surface area contributed by atoms with Crippen LogP contribution in [0, 0.1) is 11.3 Å². The van der Waals surface area contributed by atoms with Gasteiger partial charge in [0.1, 0.15) is 0 Å². The van der Waals surface area contributed by atoms with Crippen molar-refractivity contribution >= 4 is 12.0 Å². The fraction of sp³-hybridized carbons (Fsp3) is 0.400. The Kier molecular flexibility index (Phi) is 2.52. The van der Waals surface area contributed by atoms with Gasteiger partial charge in [-0.15, -0.1) is 0 Å². The number of rotatable bonds is 2. The standard InChI is InChI=1S/C15H17NO2/c1-2-10-3-4-11-6-13-8-16-9-15(13,14(17)18)7-12(11)5-10/h2-5,13,16H,1,6-9H2,(H,17,18). The minimum Gasteiger partial charge on any atom is -0.481 e. The molecule has 1 aromatic carbocycles. The lowest BCUT2D eigenvalue weighted by atomic mass is 9.66. The van der Waals surface area contributed by atoms with E-state index in [1.54, 1.807) is 0 Å². The first kappa shape index (κ1) is 11.5. The highest BCUT2D eigenvalue weighted by molar-refractivity contribution is 5.77. The lowest BCUT2D eigenvalue weighted by molar-refractivity contribution is -0.150. The van der Waals surface area contributed by atoms with E-state index in [0.717, 1.165) is 18.5 Å². The van der Waals surface area contributed by atoms with Crippen LogP contribution in [0.25, 0.3) is 6.08 Å². The van der Waals surface area contributed by atoms with E-state index < -0.39 is 11.4 Å². The predicted octanol–water partition coefficient (Wildman–Crippen LogP) is 1.72. The summed E-state index contributed by atoms with van der Waals surface area (Å²) < 4.78 is 0. The van der Waals surface area contributed by atoms with Crippen molar-refractivity contribution in [2.45, 2.75) is 12.8 Å². The number of nitrogens with one attached hydrogen (secondary N) is 1. The van der Waals surface area contributed by atoms with Crippen molar-refractivity contribution in [2.24, 2.45) is 11.3 Å². The SMILES string of the molecule is C=Cc1ccc2c(c1)CC1(C(=O)O)CNCC1C2. The Labute approximate surface area is 107 Å². The van der Waals surface area contributed by atoms with E-state index in [0.29, 0.717) is 13.0 Å². The molecule has 0 bridgehead atoms. The quantitative estimate of drug-likeness (QED) is 0.831. The monoisotopic (exact) mass is 243 g/mol. The molecule has 0 spiro atoms. The molecule has 2 aliphatic rings. The van der Waals surface area contributed by atoms with E-state index in [4.69, 9.17) is 0 Å². The Balaban J connectivity index is 2.05. The van der Waals surface area contributed by atoms with Crippen LogP contribution in [0.5, 0.6) is 0 Å². The van der Waals surface area contributed by atoms with Gasteiger partial charge in [0, 0.05) is 6.54 Å². The molecular weight excluding hydrogens is 226 g/mol. The zero-order chi connectivity index (χ0) is 12.8. The molecule has 1 aromatic rings. The van der Waals surface area contributed by atoms with Crippen LogP contribution in [0.1, 0.15) is 16.7 Å². The smallest absolute Gasteiger partial charge is 0.311 e. The summed E-state index contributed by atoms with van der Waals surface area (Å²) in [5.41, 5.74) is 2.94. The van der Waals surface area contributed by atoms with Crippen LogP contribution in [-0.2, 0) is 17.6 Å². The molecule has 0 aromatic heterocycles. The Morgan fingerprint density at radius 1 is 1.50 bits per heavy atom. The van der Waals surface area contributed by atoms with Crippen molar-refractivity contribution in [3.05, 3.63) is 41.5 Å². The molecule has 1 aliphatic carbocycles.